The van der Waals surface area contributed by atoms with Crippen molar-refractivity contribution in [2.24, 2.45) is 0 Å². The summed E-state index contributed by atoms with van der Waals surface area (Å²) >= 11 is 0. The molecule has 0 saturated heterocycles. The molecule has 0 spiro atoms. The van der Waals surface area contributed by atoms with Gasteiger partial charge in [0.05, 0.1) is 12.2 Å². The fraction of sp³-hybridized carbons (Fsp3) is 0.333. The zero-order chi connectivity index (χ0) is 16.7. The highest BCUT2D eigenvalue weighted by molar-refractivity contribution is 5.25. The number of aryl methyl sites for hydroxylation is 1. The first-order valence-corrected chi connectivity index (χ1v) is 8.12. The first-order valence-electron chi connectivity index (χ1n) is 8.12. The van der Waals surface area contributed by atoms with Crippen LogP contribution in [0.15, 0.2) is 66.7 Å². The van der Waals surface area contributed by atoms with E-state index in [1.54, 1.807) is 0 Å². The van der Waals surface area contributed by atoms with Crippen molar-refractivity contribution in [2.45, 2.75) is 38.9 Å². The number of aliphatic hydroxyl groups excluding tert-OH is 1. The number of rotatable bonds is 8. The molecule has 2 aromatic rings. The summed E-state index contributed by atoms with van der Waals surface area (Å²) in [6, 6.07) is 18.5. The molecule has 1 N–H and O–H groups in total. The monoisotopic (exact) mass is 310 g/mol. The summed E-state index contributed by atoms with van der Waals surface area (Å²) in [4.78, 5) is 0. The molecule has 0 saturated carbocycles. The van der Waals surface area contributed by atoms with Crippen LogP contribution in [0, 0.1) is 6.92 Å². The van der Waals surface area contributed by atoms with E-state index in [1.165, 1.54) is 5.56 Å². The molecule has 2 rings (SSSR count). The van der Waals surface area contributed by atoms with Gasteiger partial charge < -0.3 is 9.84 Å². The van der Waals surface area contributed by atoms with Crippen LogP contribution < -0.4 is 0 Å². The molecule has 0 aromatic heterocycles. The fourth-order valence-corrected chi connectivity index (χ4v) is 2.64. The SMILES string of the molecule is C=C(C)C[C@H](O[C@@H](CCO)c1ccccc1)c1ccc(C)cc1. The average Bonchev–Trinajstić information content (AvgIpc) is 2.55. The Morgan fingerprint density at radius 2 is 1.61 bits per heavy atom. The van der Waals surface area contributed by atoms with Crippen LogP contribution in [0.3, 0.4) is 0 Å². The van der Waals surface area contributed by atoms with Gasteiger partial charge in [0, 0.05) is 13.0 Å². The van der Waals surface area contributed by atoms with E-state index >= 15 is 0 Å². The summed E-state index contributed by atoms with van der Waals surface area (Å²) in [6.07, 6.45) is 1.19. The fourth-order valence-electron chi connectivity index (χ4n) is 2.64. The van der Waals surface area contributed by atoms with E-state index in [2.05, 4.69) is 37.8 Å². The Labute approximate surface area is 139 Å². The third-order valence-electron chi connectivity index (χ3n) is 3.87. The zero-order valence-electron chi connectivity index (χ0n) is 14.0. The Morgan fingerprint density at radius 3 is 2.17 bits per heavy atom. The molecule has 0 aliphatic heterocycles. The predicted molar refractivity (Wildman–Crippen MR) is 95.3 cm³/mol. The number of hydrogen-bond acceptors (Lipinski definition) is 2. The molecule has 0 aliphatic carbocycles. The lowest BCUT2D eigenvalue weighted by molar-refractivity contribution is -0.0264. The maximum Gasteiger partial charge on any atom is 0.0870 e. The minimum absolute atomic E-state index is 0.0511. The second-order valence-corrected chi connectivity index (χ2v) is 6.11. The molecule has 2 heteroatoms. The van der Waals surface area contributed by atoms with Crippen LogP contribution in [0.1, 0.15) is 48.7 Å². The van der Waals surface area contributed by atoms with Gasteiger partial charge in [-0.15, -0.1) is 6.58 Å². The van der Waals surface area contributed by atoms with E-state index in [1.807, 2.05) is 37.3 Å². The summed E-state index contributed by atoms with van der Waals surface area (Å²) in [5, 5.41) is 9.40. The molecule has 0 aliphatic rings. The standard InChI is InChI=1S/C21H26O2/c1-16(2)15-21(19-11-9-17(3)10-12-19)23-20(13-14-22)18-7-5-4-6-8-18/h4-12,20-22H,1,13-15H2,2-3H3/t20-,21-/m0/s1. The minimum Gasteiger partial charge on any atom is -0.396 e. The molecular formula is C21H26O2. The molecular weight excluding hydrogens is 284 g/mol. The van der Waals surface area contributed by atoms with E-state index in [4.69, 9.17) is 4.74 Å². The van der Waals surface area contributed by atoms with Gasteiger partial charge in [-0.25, -0.2) is 0 Å². The van der Waals surface area contributed by atoms with Gasteiger partial charge in [-0.05, 0) is 31.4 Å². The molecule has 0 unspecified atom stereocenters. The van der Waals surface area contributed by atoms with Crippen molar-refractivity contribution in [2.75, 3.05) is 6.61 Å². The molecule has 0 fully saturated rings. The van der Waals surface area contributed by atoms with Crippen molar-refractivity contribution in [3.05, 3.63) is 83.4 Å². The van der Waals surface area contributed by atoms with Gasteiger partial charge in [0.15, 0.2) is 0 Å². The van der Waals surface area contributed by atoms with Gasteiger partial charge in [0.2, 0.25) is 0 Å². The van der Waals surface area contributed by atoms with Crippen LogP contribution in [-0.2, 0) is 4.74 Å². The van der Waals surface area contributed by atoms with Crippen LogP contribution >= 0.6 is 0 Å². The minimum atomic E-state index is -0.119. The second-order valence-electron chi connectivity index (χ2n) is 6.11. The topological polar surface area (TPSA) is 29.5 Å². The van der Waals surface area contributed by atoms with Gasteiger partial charge in [0.25, 0.3) is 0 Å². The Kier molecular flexibility index (Phi) is 6.57. The maximum absolute atomic E-state index is 9.40. The summed E-state index contributed by atoms with van der Waals surface area (Å²) < 4.78 is 6.39. The van der Waals surface area contributed by atoms with Gasteiger partial charge in [0.1, 0.15) is 0 Å². The molecule has 0 radical (unpaired) electrons. The van der Waals surface area contributed by atoms with Crippen molar-refractivity contribution >= 4 is 0 Å². The average molecular weight is 310 g/mol. The van der Waals surface area contributed by atoms with Gasteiger partial charge in [-0.1, -0.05) is 65.7 Å². The quantitative estimate of drug-likeness (QED) is 0.684. The first kappa shape index (κ1) is 17.5. The molecule has 2 nitrogen and oxygen atoms in total. The first-order chi connectivity index (χ1) is 11.1. The lowest BCUT2D eigenvalue weighted by Gasteiger charge is -2.26. The smallest absolute Gasteiger partial charge is 0.0870 e. The van der Waals surface area contributed by atoms with Crippen LogP contribution in [0.25, 0.3) is 0 Å². The Bertz CT molecular complexity index is 601. The molecule has 122 valence electrons. The van der Waals surface area contributed by atoms with Crippen molar-refractivity contribution in [1.82, 2.24) is 0 Å². The van der Waals surface area contributed by atoms with Gasteiger partial charge in [-0.2, -0.15) is 0 Å². The Hall–Kier alpha value is -1.90. The van der Waals surface area contributed by atoms with Crippen molar-refractivity contribution in [3.63, 3.8) is 0 Å². The van der Waals surface area contributed by atoms with Gasteiger partial charge in [-0.3, -0.25) is 0 Å². The lowest BCUT2D eigenvalue weighted by atomic mass is 10.0. The molecule has 2 aromatic carbocycles. The summed E-state index contributed by atoms with van der Waals surface area (Å²) in [5.74, 6) is 0. The van der Waals surface area contributed by atoms with Crippen molar-refractivity contribution in [3.8, 4) is 0 Å². The normalized spacial score (nSPS) is 13.5. The lowest BCUT2D eigenvalue weighted by Crippen LogP contribution is -2.12. The highest BCUT2D eigenvalue weighted by Gasteiger charge is 2.20. The molecule has 23 heavy (non-hydrogen) atoms. The summed E-state index contributed by atoms with van der Waals surface area (Å²) in [7, 11) is 0. The van der Waals surface area contributed by atoms with E-state index in [-0.39, 0.29) is 18.8 Å². The van der Waals surface area contributed by atoms with Crippen LogP contribution in [0.2, 0.25) is 0 Å². The summed E-state index contributed by atoms with van der Waals surface area (Å²) in [5.41, 5.74) is 4.57. The van der Waals surface area contributed by atoms with Gasteiger partial charge >= 0.3 is 0 Å². The highest BCUT2D eigenvalue weighted by Crippen LogP contribution is 2.32. The molecule has 0 amide bonds. The molecule has 2 atom stereocenters. The second kappa shape index (κ2) is 8.66. The van der Waals surface area contributed by atoms with E-state index in [0.717, 1.165) is 23.1 Å². The maximum atomic E-state index is 9.40. The number of benzene rings is 2. The number of hydrogen-bond donors (Lipinski definition) is 1. The van der Waals surface area contributed by atoms with E-state index < -0.39 is 0 Å². The van der Waals surface area contributed by atoms with E-state index in [0.29, 0.717) is 6.42 Å². The number of aliphatic hydroxyl groups is 1. The predicted octanol–water partition coefficient (Wildman–Crippen LogP) is 5.14. The van der Waals surface area contributed by atoms with Crippen LogP contribution in [-0.4, -0.2) is 11.7 Å². The highest BCUT2D eigenvalue weighted by atomic mass is 16.5. The third-order valence-corrected chi connectivity index (χ3v) is 3.87. The van der Waals surface area contributed by atoms with Crippen LogP contribution in [0.4, 0.5) is 0 Å². The third kappa shape index (κ3) is 5.34. The largest absolute Gasteiger partial charge is 0.396 e. The van der Waals surface area contributed by atoms with Crippen LogP contribution in [0.5, 0.6) is 0 Å². The van der Waals surface area contributed by atoms with E-state index in [9.17, 15) is 5.11 Å². The Morgan fingerprint density at radius 1 is 1.00 bits per heavy atom. The summed E-state index contributed by atoms with van der Waals surface area (Å²) in [6.45, 7) is 8.24. The van der Waals surface area contributed by atoms with Crippen molar-refractivity contribution in [1.29, 1.82) is 0 Å². The Balaban J connectivity index is 2.23. The molecule has 0 bridgehead atoms. The zero-order valence-corrected chi connectivity index (χ0v) is 14.0. The van der Waals surface area contributed by atoms with Crippen molar-refractivity contribution < 1.29 is 9.84 Å². The molecule has 0 heterocycles. The number of ether oxygens (including phenoxy) is 1.